The van der Waals surface area contributed by atoms with Gasteiger partial charge in [0.25, 0.3) is 0 Å². The van der Waals surface area contributed by atoms with E-state index in [9.17, 15) is 4.79 Å². The average molecular weight is 286 g/mol. The Morgan fingerprint density at radius 2 is 2.05 bits per heavy atom. The maximum absolute atomic E-state index is 11.9. The van der Waals surface area contributed by atoms with Gasteiger partial charge in [0, 0.05) is 17.9 Å². The summed E-state index contributed by atoms with van der Waals surface area (Å²) in [5.41, 5.74) is 5.90. The minimum absolute atomic E-state index is 0.292. The number of rotatable bonds is 5. The van der Waals surface area contributed by atoms with Crippen molar-refractivity contribution in [3.63, 3.8) is 0 Å². The molecular formula is C17H22N2O2. The van der Waals surface area contributed by atoms with Gasteiger partial charge in [-0.15, -0.1) is 0 Å². The van der Waals surface area contributed by atoms with E-state index in [4.69, 9.17) is 4.74 Å². The summed E-state index contributed by atoms with van der Waals surface area (Å²) in [5.74, 6) is -0.292. The molecule has 0 aliphatic heterocycles. The number of carbonyl (C=O) groups is 1. The van der Waals surface area contributed by atoms with Gasteiger partial charge in [0.2, 0.25) is 0 Å². The van der Waals surface area contributed by atoms with E-state index in [1.807, 2.05) is 32.9 Å². The highest BCUT2D eigenvalue weighted by Crippen LogP contribution is 2.20. The first kappa shape index (κ1) is 15.2. The van der Waals surface area contributed by atoms with E-state index in [1.54, 1.807) is 0 Å². The van der Waals surface area contributed by atoms with Crippen LogP contribution < -0.4 is 5.32 Å². The Hall–Kier alpha value is -2.23. The molecule has 0 saturated heterocycles. The maximum Gasteiger partial charge on any atom is 0.355 e. The summed E-state index contributed by atoms with van der Waals surface area (Å²) < 4.78 is 5.07. The number of aryl methyl sites for hydroxylation is 2. The van der Waals surface area contributed by atoms with Crippen molar-refractivity contribution >= 4 is 11.7 Å². The van der Waals surface area contributed by atoms with E-state index < -0.39 is 0 Å². The summed E-state index contributed by atoms with van der Waals surface area (Å²) >= 11 is 0. The second-order valence-electron chi connectivity index (χ2n) is 5.17. The first-order valence-corrected chi connectivity index (χ1v) is 7.18. The Kier molecular flexibility index (Phi) is 4.68. The fourth-order valence-corrected chi connectivity index (χ4v) is 2.41. The average Bonchev–Trinajstić information content (AvgIpc) is 2.72. The fraction of sp³-hybridized carbons (Fsp3) is 0.353. The zero-order valence-electron chi connectivity index (χ0n) is 13.0. The Morgan fingerprint density at radius 1 is 1.29 bits per heavy atom. The number of benzene rings is 1. The van der Waals surface area contributed by atoms with E-state index in [-0.39, 0.29) is 5.97 Å². The van der Waals surface area contributed by atoms with Crippen molar-refractivity contribution in [2.24, 2.45) is 0 Å². The highest BCUT2D eigenvalue weighted by molar-refractivity contribution is 5.89. The van der Waals surface area contributed by atoms with Gasteiger partial charge < -0.3 is 15.0 Å². The van der Waals surface area contributed by atoms with Crippen LogP contribution in [0.2, 0.25) is 0 Å². The van der Waals surface area contributed by atoms with Crippen LogP contribution >= 0.6 is 0 Å². The molecule has 2 rings (SSSR count). The minimum Gasteiger partial charge on any atom is -0.461 e. The second kappa shape index (κ2) is 6.48. The molecule has 0 aliphatic rings. The molecule has 2 aromatic rings. The van der Waals surface area contributed by atoms with Crippen LogP contribution in [-0.2, 0) is 11.3 Å². The zero-order chi connectivity index (χ0) is 15.4. The monoisotopic (exact) mass is 286 g/mol. The standard InChI is InChI=1S/C17H22N2O2/c1-5-21-17(20)16-12(3)15(13(4)19-16)10-18-14-8-6-7-11(2)9-14/h6-9,18-19H,5,10H2,1-4H3. The smallest absolute Gasteiger partial charge is 0.355 e. The molecule has 0 saturated carbocycles. The normalized spacial score (nSPS) is 10.5. The predicted molar refractivity (Wildman–Crippen MR) is 84.7 cm³/mol. The lowest BCUT2D eigenvalue weighted by atomic mass is 10.1. The van der Waals surface area contributed by atoms with Gasteiger partial charge in [0.1, 0.15) is 5.69 Å². The van der Waals surface area contributed by atoms with Gasteiger partial charge in [0.05, 0.1) is 6.61 Å². The zero-order valence-corrected chi connectivity index (χ0v) is 13.0. The van der Waals surface area contributed by atoms with Crippen molar-refractivity contribution < 1.29 is 9.53 Å². The third kappa shape index (κ3) is 3.45. The van der Waals surface area contributed by atoms with Gasteiger partial charge in [-0.2, -0.15) is 0 Å². The Labute approximate surface area is 125 Å². The summed E-state index contributed by atoms with van der Waals surface area (Å²) in [6, 6.07) is 8.23. The summed E-state index contributed by atoms with van der Waals surface area (Å²) in [5, 5.41) is 3.40. The summed E-state index contributed by atoms with van der Waals surface area (Å²) in [6.07, 6.45) is 0. The topological polar surface area (TPSA) is 54.1 Å². The van der Waals surface area contributed by atoms with Crippen molar-refractivity contribution in [1.82, 2.24) is 4.98 Å². The van der Waals surface area contributed by atoms with Crippen LogP contribution in [0.1, 0.15) is 39.8 Å². The third-order valence-corrected chi connectivity index (χ3v) is 3.56. The SMILES string of the molecule is CCOC(=O)c1[nH]c(C)c(CNc2cccc(C)c2)c1C. The molecular weight excluding hydrogens is 264 g/mol. The van der Waals surface area contributed by atoms with Crippen LogP contribution in [0.5, 0.6) is 0 Å². The summed E-state index contributed by atoms with van der Waals surface area (Å²) in [4.78, 5) is 15.0. The van der Waals surface area contributed by atoms with Crippen molar-refractivity contribution in [1.29, 1.82) is 0 Å². The van der Waals surface area contributed by atoms with E-state index in [0.717, 1.165) is 22.5 Å². The van der Waals surface area contributed by atoms with Crippen molar-refractivity contribution in [2.45, 2.75) is 34.2 Å². The summed E-state index contributed by atoms with van der Waals surface area (Å²) in [7, 11) is 0. The second-order valence-corrected chi connectivity index (χ2v) is 5.17. The molecule has 4 heteroatoms. The number of aromatic amines is 1. The molecule has 0 amide bonds. The van der Waals surface area contributed by atoms with Crippen LogP contribution in [0, 0.1) is 20.8 Å². The Balaban J connectivity index is 2.15. The van der Waals surface area contributed by atoms with Crippen LogP contribution in [0.3, 0.4) is 0 Å². The number of hydrogen-bond acceptors (Lipinski definition) is 3. The molecule has 1 heterocycles. The van der Waals surface area contributed by atoms with Gasteiger partial charge in [-0.05, 0) is 56.5 Å². The highest BCUT2D eigenvalue weighted by Gasteiger charge is 2.17. The van der Waals surface area contributed by atoms with E-state index in [0.29, 0.717) is 18.8 Å². The summed E-state index contributed by atoms with van der Waals surface area (Å²) in [6.45, 7) is 8.86. The quantitative estimate of drug-likeness (QED) is 0.823. The van der Waals surface area contributed by atoms with E-state index in [2.05, 4.69) is 29.4 Å². The minimum atomic E-state index is -0.292. The van der Waals surface area contributed by atoms with Gasteiger partial charge in [-0.25, -0.2) is 4.79 Å². The lowest BCUT2D eigenvalue weighted by Crippen LogP contribution is -2.07. The molecule has 4 nitrogen and oxygen atoms in total. The first-order valence-electron chi connectivity index (χ1n) is 7.18. The van der Waals surface area contributed by atoms with Crippen LogP contribution in [0.25, 0.3) is 0 Å². The molecule has 2 N–H and O–H groups in total. The number of carbonyl (C=O) groups excluding carboxylic acids is 1. The number of hydrogen-bond donors (Lipinski definition) is 2. The molecule has 0 atom stereocenters. The van der Waals surface area contributed by atoms with Crippen LogP contribution in [0.4, 0.5) is 5.69 Å². The molecule has 0 radical (unpaired) electrons. The predicted octanol–water partition coefficient (Wildman–Crippen LogP) is 3.73. The maximum atomic E-state index is 11.9. The van der Waals surface area contributed by atoms with Crippen molar-refractivity contribution in [2.75, 3.05) is 11.9 Å². The lowest BCUT2D eigenvalue weighted by Gasteiger charge is -2.08. The van der Waals surface area contributed by atoms with E-state index in [1.165, 1.54) is 5.56 Å². The number of esters is 1. The molecule has 1 aromatic heterocycles. The molecule has 0 unspecified atom stereocenters. The van der Waals surface area contributed by atoms with Crippen molar-refractivity contribution in [3.05, 3.63) is 52.3 Å². The molecule has 112 valence electrons. The molecule has 0 aliphatic carbocycles. The Morgan fingerprint density at radius 3 is 2.71 bits per heavy atom. The molecule has 21 heavy (non-hydrogen) atoms. The number of anilines is 1. The highest BCUT2D eigenvalue weighted by atomic mass is 16.5. The first-order chi connectivity index (χ1) is 10.0. The van der Waals surface area contributed by atoms with Gasteiger partial charge >= 0.3 is 5.97 Å². The Bertz CT molecular complexity index is 644. The molecule has 0 fully saturated rings. The van der Waals surface area contributed by atoms with Gasteiger partial charge in [-0.3, -0.25) is 0 Å². The largest absolute Gasteiger partial charge is 0.461 e. The van der Waals surface area contributed by atoms with Gasteiger partial charge in [-0.1, -0.05) is 12.1 Å². The molecule has 0 bridgehead atoms. The lowest BCUT2D eigenvalue weighted by molar-refractivity contribution is 0.0519. The number of H-pyrrole nitrogens is 1. The number of aromatic nitrogens is 1. The molecule has 1 aromatic carbocycles. The van der Waals surface area contributed by atoms with Crippen LogP contribution in [0.15, 0.2) is 24.3 Å². The number of ether oxygens (including phenoxy) is 1. The fourth-order valence-electron chi connectivity index (χ4n) is 2.41. The molecule has 0 spiro atoms. The van der Waals surface area contributed by atoms with E-state index >= 15 is 0 Å². The third-order valence-electron chi connectivity index (χ3n) is 3.56. The van der Waals surface area contributed by atoms with Crippen LogP contribution in [-0.4, -0.2) is 17.6 Å². The number of nitrogens with one attached hydrogen (secondary N) is 2. The van der Waals surface area contributed by atoms with Crippen molar-refractivity contribution in [3.8, 4) is 0 Å². The van der Waals surface area contributed by atoms with Gasteiger partial charge in [0.15, 0.2) is 0 Å².